The maximum absolute atomic E-state index is 2.41. The molecule has 0 N–H and O–H groups in total. The number of benzene rings is 2. The minimum absolute atomic E-state index is 0.448. The third-order valence-corrected chi connectivity index (χ3v) is 5.92. The lowest BCUT2D eigenvalue weighted by Gasteiger charge is -2.22. The molecule has 0 unspecified atom stereocenters. The summed E-state index contributed by atoms with van der Waals surface area (Å²) in [7, 11) is 2.13. The Morgan fingerprint density at radius 1 is 0.733 bits per heavy atom. The average Bonchev–Trinajstić information content (AvgIpc) is 3.29. The molecule has 154 valence electrons. The molecular weight excluding hydrogens is 366 g/mol. The number of rotatable bonds is 5. The summed E-state index contributed by atoms with van der Waals surface area (Å²) in [5.41, 5.74) is 7.78. The monoisotopic (exact) mass is 398 g/mol. The van der Waals surface area contributed by atoms with E-state index in [0.29, 0.717) is 11.8 Å². The summed E-state index contributed by atoms with van der Waals surface area (Å²) in [6.45, 7) is 11.3. The number of para-hydroxylation sites is 2. The fourth-order valence-electron chi connectivity index (χ4n) is 4.35. The zero-order valence-electron chi connectivity index (χ0n) is 18.9. The van der Waals surface area contributed by atoms with Crippen LogP contribution in [0.4, 0.5) is 0 Å². The Labute approximate surface area is 180 Å². The summed E-state index contributed by atoms with van der Waals surface area (Å²) < 4.78 is 6.92. The van der Waals surface area contributed by atoms with Gasteiger partial charge in [-0.25, -0.2) is 4.57 Å². The third kappa shape index (κ3) is 3.39. The first-order valence-corrected chi connectivity index (χ1v) is 10.8. The zero-order valence-corrected chi connectivity index (χ0v) is 18.9. The van der Waals surface area contributed by atoms with Crippen molar-refractivity contribution in [1.29, 1.82) is 0 Å². The van der Waals surface area contributed by atoms with Gasteiger partial charge in [-0.3, -0.25) is 0 Å². The summed E-state index contributed by atoms with van der Waals surface area (Å²) in [6, 6.07) is 19.6. The summed E-state index contributed by atoms with van der Waals surface area (Å²) in [5.74, 6) is 2.07. The van der Waals surface area contributed by atoms with E-state index in [0.717, 1.165) is 0 Å². The maximum atomic E-state index is 2.41. The number of aromatic nitrogens is 3. The lowest BCUT2D eigenvalue weighted by Crippen LogP contribution is -2.30. The number of imidazole rings is 1. The molecule has 0 aliphatic heterocycles. The molecule has 0 bridgehead atoms. The van der Waals surface area contributed by atoms with E-state index in [9.17, 15) is 0 Å². The van der Waals surface area contributed by atoms with Crippen molar-refractivity contribution in [2.45, 2.75) is 46.5 Å². The van der Waals surface area contributed by atoms with Gasteiger partial charge in [-0.2, -0.15) is 4.57 Å². The van der Waals surface area contributed by atoms with Crippen molar-refractivity contribution >= 4 is 0 Å². The van der Waals surface area contributed by atoms with Crippen molar-refractivity contribution in [3.05, 3.63) is 89.9 Å². The Bertz CT molecular complexity index is 1130. The van der Waals surface area contributed by atoms with Crippen LogP contribution >= 0.6 is 0 Å². The van der Waals surface area contributed by atoms with Crippen molar-refractivity contribution in [3.8, 4) is 22.9 Å². The van der Waals surface area contributed by atoms with E-state index in [1.54, 1.807) is 0 Å². The zero-order chi connectivity index (χ0) is 21.4. The van der Waals surface area contributed by atoms with Gasteiger partial charge >= 0.3 is 5.82 Å². The van der Waals surface area contributed by atoms with Gasteiger partial charge in [0.2, 0.25) is 0 Å². The van der Waals surface area contributed by atoms with E-state index in [1.807, 2.05) is 0 Å². The molecule has 0 atom stereocenters. The van der Waals surface area contributed by atoms with Crippen molar-refractivity contribution in [3.63, 3.8) is 0 Å². The van der Waals surface area contributed by atoms with Crippen LogP contribution in [0.3, 0.4) is 0 Å². The quantitative estimate of drug-likeness (QED) is 0.349. The van der Waals surface area contributed by atoms with E-state index in [-0.39, 0.29) is 0 Å². The smallest absolute Gasteiger partial charge is 0.309 e. The lowest BCUT2D eigenvalue weighted by molar-refractivity contribution is -0.659. The lowest BCUT2D eigenvalue weighted by atomic mass is 9.92. The molecule has 0 spiro atoms. The van der Waals surface area contributed by atoms with Crippen molar-refractivity contribution < 1.29 is 4.57 Å². The number of hydrogen-bond donors (Lipinski definition) is 0. The molecule has 3 nitrogen and oxygen atoms in total. The minimum Gasteiger partial charge on any atom is -0.309 e. The third-order valence-electron chi connectivity index (χ3n) is 5.92. The Morgan fingerprint density at radius 2 is 1.37 bits per heavy atom. The van der Waals surface area contributed by atoms with Crippen LogP contribution in [0.25, 0.3) is 22.9 Å². The van der Waals surface area contributed by atoms with Gasteiger partial charge in [-0.05, 0) is 53.6 Å². The second-order valence-electron chi connectivity index (χ2n) is 8.75. The summed E-state index contributed by atoms with van der Waals surface area (Å²) in [6.07, 6.45) is 6.52. The van der Waals surface area contributed by atoms with Crippen LogP contribution in [0.2, 0.25) is 0 Å². The normalized spacial score (nSPS) is 11.6. The van der Waals surface area contributed by atoms with E-state index in [2.05, 4.69) is 129 Å². The first-order valence-electron chi connectivity index (χ1n) is 10.8. The van der Waals surface area contributed by atoms with Crippen LogP contribution in [-0.4, -0.2) is 9.13 Å². The van der Waals surface area contributed by atoms with Crippen LogP contribution in [0.5, 0.6) is 0 Å². The topological polar surface area (TPSA) is 13.7 Å². The molecule has 30 heavy (non-hydrogen) atoms. The van der Waals surface area contributed by atoms with Crippen LogP contribution < -0.4 is 4.57 Å². The van der Waals surface area contributed by atoms with Gasteiger partial charge in [0.15, 0.2) is 0 Å². The summed E-state index contributed by atoms with van der Waals surface area (Å²) in [4.78, 5) is 0. The van der Waals surface area contributed by atoms with Gasteiger partial charge < -0.3 is 4.57 Å². The highest BCUT2D eigenvalue weighted by atomic mass is 15.2. The molecule has 0 amide bonds. The van der Waals surface area contributed by atoms with Crippen molar-refractivity contribution in [2.24, 2.45) is 7.05 Å². The SMILES string of the molecule is Cc1ccn(-c2c(C(C)C)cccc2C(C)C)c1-c1n(-c2ccccc2)cc[n+]1C. The molecule has 0 saturated carbocycles. The van der Waals surface area contributed by atoms with E-state index < -0.39 is 0 Å². The molecular formula is C27H32N3+. The highest BCUT2D eigenvalue weighted by molar-refractivity contribution is 5.64. The molecule has 0 aliphatic rings. The molecule has 2 heterocycles. The van der Waals surface area contributed by atoms with Crippen LogP contribution in [0, 0.1) is 6.92 Å². The standard InChI is InChI=1S/C27H32N3/c1-19(2)23-13-10-14-24(20(3)4)26(23)30-16-15-21(5)25(30)27-28(6)17-18-29(27)22-11-8-7-9-12-22/h7-20H,1-6H3/q+1. The van der Waals surface area contributed by atoms with Gasteiger partial charge in [0.1, 0.15) is 23.8 Å². The fraction of sp³-hybridized carbons (Fsp3) is 0.296. The Hall–Kier alpha value is -3.07. The molecule has 4 aromatic rings. The van der Waals surface area contributed by atoms with E-state index in [1.165, 1.54) is 39.6 Å². The molecule has 2 aromatic heterocycles. The molecule has 4 rings (SSSR count). The van der Waals surface area contributed by atoms with Gasteiger partial charge in [0.05, 0.1) is 12.7 Å². The second-order valence-corrected chi connectivity index (χ2v) is 8.75. The van der Waals surface area contributed by atoms with Gasteiger partial charge in [0.25, 0.3) is 0 Å². The molecule has 0 radical (unpaired) electrons. The summed E-state index contributed by atoms with van der Waals surface area (Å²) in [5, 5.41) is 0. The van der Waals surface area contributed by atoms with Crippen molar-refractivity contribution in [1.82, 2.24) is 9.13 Å². The predicted molar refractivity (Wildman–Crippen MR) is 125 cm³/mol. The second kappa shape index (κ2) is 7.98. The highest BCUT2D eigenvalue weighted by Gasteiger charge is 2.27. The Balaban J connectivity index is 2.03. The maximum Gasteiger partial charge on any atom is 0.311 e. The first kappa shape index (κ1) is 20.2. The van der Waals surface area contributed by atoms with Crippen molar-refractivity contribution in [2.75, 3.05) is 0 Å². The Morgan fingerprint density at radius 3 is 1.97 bits per heavy atom. The molecule has 0 fully saturated rings. The van der Waals surface area contributed by atoms with Gasteiger partial charge in [-0.15, -0.1) is 0 Å². The minimum atomic E-state index is 0.448. The van der Waals surface area contributed by atoms with E-state index in [4.69, 9.17) is 0 Å². The average molecular weight is 399 g/mol. The number of hydrogen-bond acceptors (Lipinski definition) is 0. The number of aryl methyl sites for hydroxylation is 2. The molecule has 3 heteroatoms. The molecule has 2 aromatic carbocycles. The van der Waals surface area contributed by atoms with Crippen LogP contribution in [0.15, 0.2) is 73.2 Å². The number of nitrogens with zero attached hydrogens (tertiary/aromatic N) is 3. The predicted octanol–water partition coefficient (Wildman–Crippen LogP) is 6.31. The van der Waals surface area contributed by atoms with Crippen LogP contribution in [-0.2, 0) is 7.05 Å². The summed E-state index contributed by atoms with van der Waals surface area (Å²) >= 11 is 0. The van der Waals surface area contributed by atoms with E-state index >= 15 is 0 Å². The fourth-order valence-corrected chi connectivity index (χ4v) is 4.35. The van der Waals surface area contributed by atoms with Gasteiger partial charge in [0, 0.05) is 6.20 Å². The Kier molecular flexibility index (Phi) is 5.38. The van der Waals surface area contributed by atoms with Crippen LogP contribution in [0.1, 0.15) is 56.2 Å². The van der Waals surface area contributed by atoms with Gasteiger partial charge in [-0.1, -0.05) is 64.1 Å². The largest absolute Gasteiger partial charge is 0.311 e. The highest BCUT2D eigenvalue weighted by Crippen LogP contribution is 2.35. The molecule has 0 aliphatic carbocycles. The first-order chi connectivity index (χ1) is 14.4. The molecule has 0 saturated heterocycles.